The molecule has 126 valence electrons. The van der Waals surface area contributed by atoms with Crippen LogP contribution in [0, 0.1) is 0 Å². The van der Waals surface area contributed by atoms with Gasteiger partial charge in [-0.1, -0.05) is 5.21 Å². The van der Waals surface area contributed by atoms with Gasteiger partial charge in [-0.25, -0.2) is 4.68 Å². The van der Waals surface area contributed by atoms with Crippen molar-refractivity contribution < 1.29 is 17.9 Å². The lowest BCUT2D eigenvalue weighted by atomic mass is 10.3. The van der Waals surface area contributed by atoms with Crippen LogP contribution in [0.4, 0.5) is 13.2 Å². The minimum Gasteiger partial charge on any atom is -0.379 e. The molecule has 7 nitrogen and oxygen atoms in total. The fraction of sp³-hybridized carbons (Fsp3) is 0.615. The largest absolute Gasteiger partial charge is 0.435 e. The van der Waals surface area contributed by atoms with Crippen molar-refractivity contribution in [1.29, 1.82) is 0 Å². The maximum atomic E-state index is 12.7. The lowest BCUT2D eigenvalue weighted by Gasteiger charge is -2.25. The number of halogens is 3. The Morgan fingerprint density at radius 3 is 2.61 bits per heavy atom. The van der Waals surface area contributed by atoms with Crippen LogP contribution in [0.3, 0.4) is 0 Å². The second-order valence-electron chi connectivity index (χ2n) is 5.44. The molecule has 1 fully saturated rings. The highest BCUT2D eigenvalue weighted by Gasteiger charge is 2.34. The van der Waals surface area contributed by atoms with E-state index in [1.807, 2.05) is 0 Å². The van der Waals surface area contributed by atoms with Gasteiger partial charge in [-0.05, 0) is 6.07 Å². The zero-order chi connectivity index (χ0) is 16.4. The molecule has 0 N–H and O–H groups in total. The number of rotatable bonds is 4. The van der Waals surface area contributed by atoms with Crippen molar-refractivity contribution in [2.24, 2.45) is 7.05 Å². The minimum absolute atomic E-state index is 0.190. The van der Waals surface area contributed by atoms with Crippen LogP contribution in [0.2, 0.25) is 0 Å². The Morgan fingerprint density at radius 1 is 1.22 bits per heavy atom. The molecule has 0 amide bonds. The number of aryl methyl sites for hydroxylation is 1. The van der Waals surface area contributed by atoms with Gasteiger partial charge in [0.05, 0.1) is 37.3 Å². The van der Waals surface area contributed by atoms with Gasteiger partial charge < -0.3 is 4.74 Å². The highest BCUT2D eigenvalue weighted by atomic mass is 19.4. The summed E-state index contributed by atoms with van der Waals surface area (Å²) in [6.07, 6.45) is -2.70. The summed E-state index contributed by atoms with van der Waals surface area (Å²) in [6, 6.07) is 1.03. The lowest BCUT2D eigenvalue weighted by molar-refractivity contribution is -0.141. The summed E-state index contributed by atoms with van der Waals surface area (Å²) in [5.41, 5.74) is 0.300. The van der Waals surface area contributed by atoms with Crippen molar-refractivity contribution in [3.05, 3.63) is 29.3 Å². The highest BCUT2D eigenvalue weighted by molar-refractivity contribution is 5.13. The van der Waals surface area contributed by atoms with Gasteiger partial charge >= 0.3 is 6.18 Å². The van der Waals surface area contributed by atoms with Crippen LogP contribution in [0.25, 0.3) is 0 Å². The monoisotopic (exact) mass is 330 g/mol. The fourth-order valence-electron chi connectivity index (χ4n) is 2.44. The Balaban J connectivity index is 1.66. The second-order valence-corrected chi connectivity index (χ2v) is 5.44. The first-order chi connectivity index (χ1) is 10.9. The van der Waals surface area contributed by atoms with Crippen LogP contribution < -0.4 is 0 Å². The summed E-state index contributed by atoms with van der Waals surface area (Å²) in [4.78, 5) is 2.20. The van der Waals surface area contributed by atoms with Gasteiger partial charge in [0.15, 0.2) is 5.69 Å². The number of alkyl halides is 3. The summed E-state index contributed by atoms with van der Waals surface area (Å²) in [5.74, 6) is 0. The molecule has 0 spiro atoms. The van der Waals surface area contributed by atoms with E-state index in [9.17, 15) is 13.2 Å². The Bertz CT molecular complexity index is 659. The lowest BCUT2D eigenvalue weighted by Crippen LogP contribution is -2.35. The third kappa shape index (κ3) is 3.88. The molecule has 2 aromatic rings. The van der Waals surface area contributed by atoms with Crippen LogP contribution in [-0.2, 0) is 31.1 Å². The predicted molar refractivity (Wildman–Crippen MR) is 73.4 cm³/mol. The zero-order valence-corrected chi connectivity index (χ0v) is 12.6. The number of aromatic nitrogens is 5. The standard InChI is InChI=1S/C13H17F3N6O/c1-20-11(6-12(18-20)13(14,15)16)9-22-8-10(17-19-22)7-21-2-4-23-5-3-21/h6,8H,2-5,7,9H2,1H3. The first kappa shape index (κ1) is 15.9. The molecule has 1 aliphatic rings. The molecule has 0 atom stereocenters. The van der Waals surface area contributed by atoms with Crippen LogP contribution in [0.5, 0.6) is 0 Å². The SMILES string of the molecule is Cn1nc(C(F)(F)F)cc1Cn1cc(CN2CCOCC2)nn1. The molecule has 10 heteroatoms. The van der Waals surface area contributed by atoms with E-state index in [-0.39, 0.29) is 6.54 Å². The molecule has 0 aromatic carbocycles. The maximum absolute atomic E-state index is 12.7. The van der Waals surface area contributed by atoms with Crippen LogP contribution in [-0.4, -0.2) is 56.0 Å². The number of hydrogen-bond acceptors (Lipinski definition) is 5. The third-order valence-electron chi connectivity index (χ3n) is 3.67. The zero-order valence-electron chi connectivity index (χ0n) is 12.6. The van der Waals surface area contributed by atoms with Gasteiger partial charge in [0.1, 0.15) is 0 Å². The highest BCUT2D eigenvalue weighted by Crippen LogP contribution is 2.28. The first-order valence-electron chi connectivity index (χ1n) is 7.21. The molecule has 0 aliphatic carbocycles. The molecule has 0 radical (unpaired) electrons. The van der Waals surface area contributed by atoms with Crippen molar-refractivity contribution in [1.82, 2.24) is 29.7 Å². The van der Waals surface area contributed by atoms with Crippen molar-refractivity contribution in [3.8, 4) is 0 Å². The Hall–Kier alpha value is -1.94. The molecule has 0 bridgehead atoms. The summed E-state index contributed by atoms with van der Waals surface area (Å²) < 4.78 is 46.0. The van der Waals surface area contributed by atoms with Crippen LogP contribution >= 0.6 is 0 Å². The van der Waals surface area contributed by atoms with E-state index < -0.39 is 11.9 Å². The van der Waals surface area contributed by atoms with E-state index in [0.29, 0.717) is 25.5 Å². The van der Waals surface area contributed by atoms with Gasteiger partial charge in [-0.3, -0.25) is 9.58 Å². The third-order valence-corrected chi connectivity index (χ3v) is 3.67. The van der Waals surface area contributed by atoms with Gasteiger partial charge in [-0.2, -0.15) is 18.3 Å². The van der Waals surface area contributed by atoms with Gasteiger partial charge in [-0.15, -0.1) is 5.10 Å². The van der Waals surface area contributed by atoms with Gasteiger partial charge in [0, 0.05) is 26.7 Å². The summed E-state index contributed by atoms with van der Waals surface area (Å²) in [6.45, 7) is 3.91. The van der Waals surface area contributed by atoms with Crippen LogP contribution in [0.1, 0.15) is 17.1 Å². The molecule has 1 saturated heterocycles. The quantitative estimate of drug-likeness (QED) is 0.834. The molecule has 3 heterocycles. The number of hydrogen-bond donors (Lipinski definition) is 0. The van der Waals surface area contributed by atoms with E-state index in [0.717, 1.165) is 24.8 Å². The van der Waals surface area contributed by atoms with Crippen LogP contribution in [0.15, 0.2) is 12.3 Å². The Kier molecular flexibility index (Phi) is 4.35. The van der Waals surface area contributed by atoms with Gasteiger partial charge in [0.25, 0.3) is 0 Å². The van der Waals surface area contributed by atoms with Crippen molar-refractivity contribution >= 4 is 0 Å². The smallest absolute Gasteiger partial charge is 0.379 e. The fourth-order valence-corrected chi connectivity index (χ4v) is 2.44. The van der Waals surface area contributed by atoms with Crippen molar-refractivity contribution in [2.45, 2.75) is 19.3 Å². The number of ether oxygens (including phenoxy) is 1. The van der Waals surface area contributed by atoms with E-state index in [1.165, 1.54) is 16.4 Å². The first-order valence-corrected chi connectivity index (χ1v) is 7.21. The molecule has 23 heavy (non-hydrogen) atoms. The molecule has 3 rings (SSSR count). The maximum Gasteiger partial charge on any atom is 0.435 e. The summed E-state index contributed by atoms with van der Waals surface area (Å²) in [5, 5.41) is 11.5. The summed E-state index contributed by atoms with van der Waals surface area (Å²) in [7, 11) is 1.48. The Morgan fingerprint density at radius 2 is 1.96 bits per heavy atom. The van der Waals surface area contributed by atoms with Crippen molar-refractivity contribution in [3.63, 3.8) is 0 Å². The molecule has 0 saturated carbocycles. The molecule has 2 aromatic heterocycles. The van der Waals surface area contributed by atoms with Crippen molar-refractivity contribution in [2.75, 3.05) is 26.3 Å². The van der Waals surface area contributed by atoms with Gasteiger partial charge in [0.2, 0.25) is 0 Å². The van der Waals surface area contributed by atoms with E-state index in [2.05, 4.69) is 20.3 Å². The van der Waals surface area contributed by atoms with E-state index in [4.69, 9.17) is 4.74 Å². The minimum atomic E-state index is -4.44. The average Bonchev–Trinajstić information content (AvgIpc) is 3.08. The molecule has 1 aliphatic heterocycles. The van der Waals surface area contributed by atoms with E-state index in [1.54, 1.807) is 6.20 Å². The molecular formula is C13H17F3N6O. The predicted octanol–water partition coefficient (Wildman–Crippen LogP) is 0.911. The summed E-state index contributed by atoms with van der Waals surface area (Å²) >= 11 is 0. The second kappa shape index (κ2) is 6.28. The molecular weight excluding hydrogens is 313 g/mol. The number of morpholine rings is 1. The molecule has 0 unspecified atom stereocenters. The topological polar surface area (TPSA) is 61.0 Å². The normalized spacial score (nSPS) is 16.9. The average molecular weight is 330 g/mol. The van der Waals surface area contributed by atoms with E-state index >= 15 is 0 Å². The number of nitrogens with zero attached hydrogens (tertiary/aromatic N) is 6. The Labute approximate surface area is 130 Å².